The van der Waals surface area contributed by atoms with Gasteiger partial charge in [-0.2, -0.15) is 0 Å². The van der Waals surface area contributed by atoms with Crippen molar-refractivity contribution in [2.45, 2.75) is 53.5 Å². The first kappa shape index (κ1) is 18.0. The highest BCUT2D eigenvalue weighted by molar-refractivity contribution is 7.15. The Morgan fingerprint density at radius 2 is 1.89 bits per heavy atom. The smallest absolute Gasteiger partial charge is 0.162 e. The molecule has 0 spiro atoms. The molecule has 3 aromatic rings. The largest absolute Gasteiger partial charge is 0.273 e. The summed E-state index contributed by atoms with van der Waals surface area (Å²) in [5.41, 5.74) is 4.60. The van der Waals surface area contributed by atoms with Crippen molar-refractivity contribution in [3.05, 3.63) is 62.8 Å². The van der Waals surface area contributed by atoms with Crippen molar-refractivity contribution in [3.8, 4) is 5.00 Å². The number of aryl methyl sites for hydroxylation is 2. The van der Waals surface area contributed by atoms with E-state index in [4.69, 9.17) is 4.99 Å². The maximum Gasteiger partial charge on any atom is 0.162 e. The van der Waals surface area contributed by atoms with Crippen LogP contribution in [0.5, 0.6) is 0 Å². The van der Waals surface area contributed by atoms with Crippen LogP contribution < -0.4 is 0 Å². The molecule has 0 amide bonds. The summed E-state index contributed by atoms with van der Waals surface area (Å²) < 4.78 is 16.8. The molecule has 0 saturated carbocycles. The Kier molecular flexibility index (Phi) is 4.26. The molecule has 0 N–H and O–H groups in total. The Hall–Kier alpha value is -2.34. The lowest BCUT2D eigenvalue weighted by Crippen LogP contribution is -2.08. The standard InChI is InChI=1S/C21H23FN4S/c1-10(2)16-8-7-15(9-17(16)22)19-18-11(3)13(5)27-21(18)26-14(6)24-25-20(26)12(4)23-19/h7-10,12H,1-6H3. The number of nitrogens with zero attached hydrogens (tertiary/aromatic N) is 4. The zero-order valence-corrected chi connectivity index (χ0v) is 17.3. The van der Waals surface area contributed by atoms with Gasteiger partial charge in [-0.15, -0.1) is 21.5 Å². The van der Waals surface area contributed by atoms with Gasteiger partial charge in [-0.25, -0.2) is 4.39 Å². The fourth-order valence-corrected chi connectivity index (χ4v) is 4.84. The molecule has 1 aliphatic rings. The van der Waals surface area contributed by atoms with Gasteiger partial charge in [-0.1, -0.05) is 26.0 Å². The fraction of sp³-hybridized carbons (Fsp3) is 0.381. The van der Waals surface area contributed by atoms with E-state index in [9.17, 15) is 4.39 Å². The summed E-state index contributed by atoms with van der Waals surface area (Å²) in [6, 6.07) is 5.33. The van der Waals surface area contributed by atoms with E-state index in [1.165, 1.54) is 10.4 Å². The van der Waals surface area contributed by atoms with Gasteiger partial charge < -0.3 is 0 Å². The number of halogens is 1. The lowest BCUT2D eigenvalue weighted by Gasteiger charge is -2.12. The van der Waals surface area contributed by atoms with Gasteiger partial charge in [0.25, 0.3) is 0 Å². The van der Waals surface area contributed by atoms with Crippen LogP contribution in [-0.2, 0) is 0 Å². The summed E-state index contributed by atoms with van der Waals surface area (Å²) in [6.07, 6.45) is 0. The fourth-order valence-electron chi connectivity index (χ4n) is 3.62. The van der Waals surface area contributed by atoms with E-state index in [-0.39, 0.29) is 17.8 Å². The SMILES string of the molecule is Cc1sc2c(c1C)C(c1ccc(C(C)C)c(F)c1)=NC(C)c1nnc(C)n1-2. The first-order valence-electron chi connectivity index (χ1n) is 9.19. The van der Waals surface area contributed by atoms with Gasteiger partial charge in [0.05, 0.1) is 5.71 Å². The number of benzene rings is 1. The molecular formula is C21H23FN4S. The molecule has 1 aliphatic heterocycles. The van der Waals surface area contributed by atoms with Crippen LogP contribution in [0, 0.1) is 26.6 Å². The maximum absolute atomic E-state index is 14.7. The summed E-state index contributed by atoms with van der Waals surface area (Å²) >= 11 is 1.71. The third-order valence-electron chi connectivity index (χ3n) is 5.25. The number of fused-ring (bicyclic) bond motifs is 3. The Bertz CT molecular complexity index is 1070. The van der Waals surface area contributed by atoms with E-state index < -0.39 is 0 Å². The van der Waals surface area contributed by atoms with E-state index in [1.807, 2.05) is 39.8 Å². The van der Waals surface area contributed by atoms with Crippen LogP contribution in [0.4, 0.5) is 4.39 Å². The lowest BCUT2D eigenvalue weighted by molar-refractivity contribution is 0.598. The van der Waals surface area contributed by atoms with Crippen LogP contribution in [-0.4, -0.2) is 20.5 Å². The molecule has 4 rings (SSSR count). The summed E-state index contributed by atoms with van der Waals surface area (Å²) in [5.74, 6) is 1.64. The van der Waals surface area contributed by atoms with E-state index in [0.29, 0.717) is 0 Å². The Balaban J connectivity index is 1.99. The number of hydrogen-bond acceptors (Lipinski definition) is 4. The zero-order chi connectivity index (χ0) is 19.5. The molecule has 1 unspecified atom stereocenters. The zero-order valence-electron chi connectivity index (χ0n) is 16.5. The molecule has 0 saturated heterocycles. The number of rotatable bonds is 2. The number of aliphatic imine (C=N–C) groups is 1. The third kappa shape index (κ3) is 2.74. The minimum atomic E-state index is -0.177. The molecule has 0 bridgehead atoms. The molecule has 1 aromatic carbocycles. The Morgan fingerprint density at radius 1 is 1.15 bits per heavy atom. The monoisotopic (exact) mass is 382 g/mol. The molecular weight excluding hydrogens is 359 g/mol. The topological polar surface area (TPSA) is 43.1 Å². The van der Waals surface area contributed by atoms with E-state index in [0.717, 1.165) is 39.1 Å². The van der Waals surface area contributed by atoms with Gasteiger partial charge in [-0.05, 0) is 50.8 Å². The van der Waals surface area contributed by atoms with Crippen molar-refractivity contribution in [2.24, 2.45) is 4.99 Å². The van der Waals surface area contributed by atoms with Crippen molar-refractivity contribution in [2.75, 3.05) is 0 Å². The summed E-state index contributed by atoms with van der Waals surface area (Å²) in [5, 5.41) is 9.69. The summed E-state index contributed by atoms with van der Waals surface area (Å²) in [6.45, 7) is 12.2. The van der Waals surface area contributed by atoms with Gasteiger partial charge in [0.1, 0.15) is 22.7 Å². The quantitative estimate of drug-likeness (QED) is 0.593. The van der Waals surface area contributed by atoms with Crippen molar-refractivity contribution in [1.29, 1.82) is 0 Å². The molecule has 0 aliphatic carbocycles. The van der Waals surface area contributed by atoms with Crippen LogP contribution >= 0.6 is 11.3 Å². The second-order valence-electron chi connectivity index (χ2n) is 7.45. The Labute approximate surface area is 162 Å². The minimum Gasteiger partial charge on any atom is -0.273 e. The highest BCUT2D eigenvalue weighted by Crippen LogP contribution is 2.38. The third-order valence-corrected chi connectivity index (χ3v) is 6.44. The molecule has 140 valence electrons. The molecule has 2 aromatic heterocycles. The predicted molar refractivity (Wildman–Crippen MR) is 108 cm³/mol. The number of hydrogen-bond donors (Lipinski definition) is 0. The van der Waals surface area contributed by atoms with Crippen molar-refractivity contribution < 1.29 is 4.39 Å². The first-order chi connectivity index (χ1) is 12.8. The van der Waals surface area contributed by atoms with E-state index in [1.54, 1.807) is 17.4 Å². The van der Waals surface area contributed by atoms with Crippen molar-refractivity contribution >= 4 is 17.0 Å². The minimum absolute atomic E-state index is 0.147. The summed E-state index contributed by atoms with van der Waals surface area (Å²) in [7, 11) is 0. The normalized spacial score (nSPS) is 16.1. The highest BCUT2D eigenvalue weighted by Gasteiger charge is 2.29. The average Bonchev–Trinajstić information content (AvgIpc) is 3.08. The predicted octanol–water partition coefficient (Wildman–Crippen LogP) is 5.43. The van der Waals surface area contributed by atoms with Crippen LogP contribution in [0.3, 0.4) is 0 Å². The lowest BCUT2D eigenvalue weighted by atomic mass is 9.95. The second kappa shape index (κ2) is 6.37. The number of aromatic nitrogens is 3. The molecule has 1 atom stereocenters. The Morgan fingerprint density at radius 3 is 2.56 bits per heavy atom. The molecule has 3 heterocycles. The molecule has 6 heteroatoms. The second-order valence-corrected chi connectivity index (χ2v) is 8.65. The maximum atomic E-state index is 14.7. The van der Waals surface area contributed by atoms with E-state index in [2.05, 4.69) is 28.6 Å². The van der Waals surface area contributed by atoms with Crippen molar-refractivity contribution in [1.82, 2.24) is 14.8 Å². The van der Waals surface area contributed by atoms with Gasteiger partial charge in [0, 0.05) is 16.0 Å². The summed E-state index contributed by atoms with van der Waals surface area (Å²) in [4.78, 5) is 6.19. The van der Waals surface area contributed by atoms with Crippen LogP contribution in [0.1, 0.15) is 71.5 Å². The van der Waals surface area contributed by atoms with E-state index >= 15 is 0 Å². The molecule has 0 radical (unpaired) electrons. The molecule has 27 heavy (non-hydrogen) atoms. The van der Waals surface area contributed by atoms with Crippen LogP contribution in [0.15, 0.2) is 23.2 Å². The van der Waals surface area contributed by atoms with Gasteiger partial charge >= 0.3 is 0 Å². The molecule has 4 nitrogen and oxygen atoms in total. The van der Waals surface area contributed by atoms with Gasteiger partial charge in [0.15, 0.2) is 5.82 Å². The highest BCUT2D eigenvalue weighted by atomic mass is 32.1. The van der Waals surface area contributed by atoms with Gasteiger partial charge in [-0.3, -0.25) is 9.56 Å². The van der Waals surface area contributed by atoms with Crippen LogP contribution in [0.2, 0.25) is 0 Å². The van der Waals surface area contributed by atoms with Crippen LogP contribution in [0.25, 0.3) is 5.00 Å². The number of thiophene rings is 1. The molecule has 0 fully saturated rings. The first-order valence-corrected chi connectivity index (χ1v) is 10.0. The average molecular weight is 383 g/mol. The van der Waals surface area contributed by atoms with Gasteiger partial charge in [0.2, 0.25) is 0 Å². The van der Waals surface area contributed by atoms with Crippen molar-refractivity contribution in [3.63, 3.8) is 0 Å².